The van der Waals surface area contributed by atoms with Crippen LogP contribution in [0.1, 0.15) is 92.3 Å². The lowest BCUT2D eigenvalue weighted by atomic mass is 9.44. The van der Waals surface area contributed by atoms with Crippen LogP contribution in [0.5, 0.6) is 0 Å². The van der Waals surface area contributed by atoms with Gasteiger partial charge < -0.3 is 44.3 Å². The van der Waals surface area contributed by atoms with Crippen LogP contribution in [-0.4, -0.2) is 105 Å². The van der Waals surface area contributed by atoms with Gasteiger partial charge in [0.1, 0.15) is 23.9 Å². The second-order valence-corrected chi connectivity index (χ2v) is 17.9. The maximum atomic E-state index is 15.5. The average Bonchev–Trinajstić information content (AvgIpc) is 3.24. The molecule has 15 nitrogen and oxygen atoms in total. The van der Waals surface area contributed by atoms with Gasteiger partial charge in [-0.3, -0.25) is 19.2 Å². The number of carbonyl (C=O) groups is 6. The Hall–Kier alpha value is -5.74. The van der Waals surface area contributed by atoms with Gasteiger partial charge in [0.05, 0.1) is 35.6 Å². The Balaban J connectivity index is 1.39. The van der Waals surface area contributed by atoms with Crippen molar-refractivity contribution in [1.29, 1.82) is 0 Å². The predicted octanol–water partition coefficient (Wildman–Crippen LogP) is 4.04. The maximum absolute atomic E-state index is 15.5. The summed E-state index contributed by atoms with van der Waals surface area (Å²) in [7, 11) is 0. The van der Waals surface area contributed by atoms with Crippen molar-refractivity contribution in [3.63, 3.8) is 0 Å². The fraction of sp³-hybridized carbons (Fsp3) is 0.458. The summed E-state index contributed by atoms with van der Waals surface area (Å²) in [4.78, 5) is 83.7. The van der Waals surface area contributed by atoms with Crippen LogP contribution in [0, 0.1) is 23.7 Å². The summed E-state index contributed by atoms with van der Waals surface area (Å²) in [6.45, 7) is 9.83. The molecule has 2 saturated carbocycles. The maximum Gasteiger partial charge on any atom is 0.338 e. The van der Waals surface area contributed by atoms with E-state index in [9.17, 15) is 39.3 Å². The van der Waals surface area contributed by atoms with Crippen LogP contribution in [0.15, 0.2) is 96.1 Å². The molecule has 1 heterocycles. The highest BCUT2D eigenvalue weighted by atomic mass is 16.6. The lowest BCUT2D eigenvalue weighted by Gasteiger charge is -2.67. The number of nitrogens with one attached hydrogen (secondary N) is 1. The Morgan fingerprint density at radius 3 is 1.98 bits per heavy atom. The number of hydrogen-bond acceptors (Lipinski definition) is 14. The van der Waals surface area contributed by atoms with Crippen molar-refractivity contribution < 1.29 is 67.8 Å². The van der Waals surface area contributed by atoms with E-state index in [1.807, 2.05) is 6.92 Å². The second-order valence-electron chi connectivity index (χ2n) is 17.9. The third-order valence-electron chi connectivity index (χ3n) is 13.8. The van der Waals surface area contributed by atoms with E-state index in [1.165, 1.54) is 26.0 Å². The van der Waals surface area contributed by atoms with E-state index in [0.29, 0.717) is 5.56 Å². The van der Waals surface area contributed by atoms with Crippen molar-refractivity contribution in [3.8, 4) is 0 Å². The molecule has 3 fully saturated rings. The normalized spacial score (nSPS) is 31.6. The predicted molar refractivity (Wildman–Crippen MR) is 222 cm³/mol. The van der Waals surface area contributed by atoms with E-state index in [1.54, 1.807) is 86.6 Å². The minimum atomic E-state index is -2.39. The molecule has 1 aliphatic heterocycles. The number of ketones is 1. The summed E-state index contributed by atoms with van der Waals surface area (Å²) in [6, 6.07) is 21.5. The van der Waals surface area contributed by atoms with Crippen molar-refractivity contribution in [2.75, 3.05) is 6.61 Å². The third kappa shape index (κ3) is 7.64. The molecule has 3 aliphatic carbocycles. The Morgan fingerprint density at radius 2 is 1.43 bits per heavy atom. The molecule has 11 atom stereocenters. The highest BCUT2D eigenvalue weighted by molar-refractivity contribution is 5.96. The van der Waals surface area contributed by atoms with E-state index >= 15 is 4.79 Å². The van der Waals surface area contributed by atoms with Gasteiger partial charge in [0.25, 0.3) is 5.91 Å². The summed E-state index contributed by atoms with van der Waals surface area (Å²) in [5.74, 6) is -6.84. The van der Waals surface area contributed by atoms with E-state index < -0.39 is 113 Å². The number of aliphatic hydroxyl groups is 3. The van der Waals surface area contributed by atoms with Crippen molar-refractivity contribution >= 4 is 35.6 Å². The number of aryl methyl sites for hydroxylation is 1. The first-order chi connectivity index (χ1) is 29.7. The number of carbonyl (C=O) groups excluding carboxylic acids is 6. The van der Waals surface area contributed by atoms with Crippen LogP contribution >= 0.6 is 0 Å². The number of Topliss-reactive ketones (excluding diaryl/α,β-unsaturated/α-hetero) is 1. The van der Waals surface area contributed by atoms with Crippen LogP contribution in [-0.2, 0) is 42.9 Å². The summed E-state index contributed by atoms with van der Waals surface area (Å²) in [5.41, 5.74) is -6.14. The molecule has 3 aromatic carbocycles. The van der Waals surface area contributed by atoms with Crippen LogP contribution in [0.25, 0.3) is 0 Å². The van der Waals surface area contributed by atoms with Crippen molar-refractivity contribution in [3.05, 3.63) is 118 Å². The third-order valence-corrected chi connectivity index (χ3v) is 13.8. The number of amides is 1. The largest absolute Gasteiger partial charge is 0.456 e. The van der Waals surface area contributed by atoms with Gasteiger partial charge >= 0.3 is 23.9 Å². The van der Waals surface area contributed by atoms with E-state index in [0.717, 1.165) is 19.4 Å². The van der Waals surface area contributed by atoms with Gasteiger partial charge in [-0.25, -0.2) is 9.59 Å². The summed E-state index contributed by atoms with van der Waals surface area (Å²) in [5, 5.41) is 40.4. The first kappa shape index (κ1) is 45.3. The number of esters is 4. The average molecular weight is 868 g/mol. The molecule has 1 saturated heterocycles. The van der Waals surface area contributed by atoms with Gasteiger partial charge in [-0.2, -0.15) is 0 Å². The van der Waals surface area contributed by atoms with Crippen molar-refractivity contribution in [2.45, 2.75) is 115 Å². The SMILES string of the molecule is CC(=O)O[C@H]1C(=O)[C@@]2(C)[C@H]([C@H](OC(=O)c3ccccc3)[C@]3(O)C[C@H](OC(=O)[C@H](O)[C@@H](NC(=O)c4ccccc4)c4ccc(C)cc4)C(C)=C1C3(C)C)[C@]1(OC(C)=O)CO[C@@H]1C[C@@H]2O. The lowest BCUT2D eigenvalue weighted by molar-refractivity contribution is -0.346. The van der Waals surface area contributed by atoms with Gasteiger partial charge in [0.15, 0.2) is 23.6 Å². The molecule has 0 spiro atoms. The van der Waals surface area contributed by atoms with Gasteiger partial charge in [0.2, 0.25) is 0 Å². The number of aliphatic hydroxyl groups excluding tert-OH is 2. The molecule has 4 N–H and O–H groups in total. The highest BCUT2D eigenvalue weighted by Crippen LogP contribution is 2.64. The molecule has 63 heavy (non-hydrogen) atoms. The van der Waals surface area contributed by atoms with Crippen molar-refractivity contribution in [1.82, 2.24) is 5.32 Å². The molecular formula is C48H53NO14. The molecular weight excluding hydrogens is 815 g/mol. The topological polar surface area (TPSA) is 221 Å². The fourth-order valence-electron chi connectivity index (χ4n) is 10.3. The first-order valence-corrected chi connectivity index (χ1v) is 20.9. The number of benzene rings is 3. The zero-order chi connectivity index (χ0) is 45.8. The van der Waals surface area contributed by atoms with Crippen molar-refractivity contribution in [2.24, 2.45) is 16.7 Å². The van der Waals surface area contributed by atoms with E-state index in [2.05, 4.69) is 5.32 Å². The molecule has 4 aliphatic rings. The molecule has 7 rings (SSSR count). The zero-order valence-electron chi connectivity index (χ0n) is 36.2. The van der Waals surface area contributed by atoms with E-state index in [4.69, 9.17) is 23.7 Å². The van der Waals surface area contributed by atoms with Gasteiger partial charge in [-0.05, 0) is 61.7 Å². The van der Waals surface area contributed by atoms with Gasteiger partial charge in [-0.15, -0.1) is 0 Å². The molecule has 334 valence electrons. The molecule has 1 amide bonds. The number of rotatable bonds is 10. The first-order valence-electron chi connectivity index (χ1n) is 20.9. The van der Waals surface area contributed by atoms with Gasteiger partial charge in [0, 0.05) is 37.7 Å². The Labute approximate surface area is 364 Å². The second kappa shape index (κ2) is 16.8. The summed E-state index contributed by atoms with van der Waals surface area (Å²) < 4.78 is 30.3. The monoisotopic (exact) mass is 867 g/mol. The molecule has 0 radical (unpaired) electrons. The molecule has 0 unspecified atom stereocenters. The van der Waals surface area contributed by atoms with E-state index in [-0.39, 0.29) is 35.3 Å². The quantitative estimate of drug-likeness (QED) is 0.128. The molecule has 15 heteroatoms. The molecule has 2 bridgehead atoms. The van der Waals surface area contributed by atoms with Crippen LogP contribution in [0.3, 0.4) is 0 Å². The Bertz CT molecular complexity index is 2330. The van der Waals surface area contributed by atoms with Gasteiger partial charge in [-0.1, -0.05) is 80.1 Å². The van der Waals surface area contributed by atoms with Crippen LogP contribution in [0.2, 0.25) is 0 Å². The minimum absolute atomic E-state index is 0.00245. The Kier molecular flexibility index (Phi) is 12.0. The highest BCUT2D eigenvalue weighted by Gasteiger charge is 2.78. The summed E-state index contributed by atoms with van der Waals surface area (Å²) >= 11 is 0. The minimum Gasteiger partial charge on any atom is -0.456 e. The zero-order valence-corrected chi connectivity index (χ0v) is 36.2. The van der Waals surface area contributed by atoms with Crippen LogP contribution < -0.4 is 5.32 Å². The van der Waals surface area contributed by atoms with Crippen LogP contribution in [0.4, 0.5) is 0 Å². The fourth-order valence-corrected chi connectivity index (χ4v) is 10.3. The number of ether oxygens (including phenoxy) is 5. The number of fused-ring (bicyclic) bond motifs is 5. The molecule has 3 aromatic rings. The number of hydrogen-bond donors (Lipinski definition) is 4. The Morgan fingerprint density at radius 1 is 0.825 bits per heavy atom. The molecule has 0 aromatic heterocycles. The summed E-state index contributed by atoms with van der Waals surface area (Å²) in [6.07, 6.45) is -10.5. The smallest absolute Gasteiger partial charge is 0.338 e. The lowest BCUT2D eigenvalue weighted by Crippen LogP contribution is -2.82. The standard InChI is InChI=1S/C48H53NO14/c1-25-18-20-29(21-19-25)36(49-42(55)30-14-10-8-11-15-30)37(53)44(57)61-32-23-48(58)41(62-43(56)31-16-12-9-13-17-31)39-46(7,33(52)22-34-47(39,24-59-34)63-28(4)51)40(54)38(60-27(3)50)35(26(32)2)45(48,5)6/h8-21,32-34,36-39,41,52-53,58H,22-24H2,1-7H3,(H,49,55)/t32-,33-,34+,36-,37+,38+,39-,41-,46+,47-,48+/m0/s1.